The molecule has 1 aliphatic rings. The Morgan fingerprint density at radius 3 is 2.53 bits per heavy atom. The molecule has 2 atom stereocenters. The molecule has 0 aliphatic carbocycles. The summed E-state index contributed by atoms with van der Waals surface area (Å²) >= 11 is 6.37. The molecule has 30 heavy (non-hydrogen) atoms. The van der Waals surface area contributed by atoms with Crippen LogP contribution in [0, 0.1) is 5.92 Å². The number of anilines is 1. The van der Waals surface area contributed by atoms with Gasteiger partial charge in [0.15, 0.2) is 0 Å². The quantitative estimate of drug-likeness (QED) is 0.565. The molecule has 1 heterocycles. The van der Waals surface area contributed by atoms with Crippen LogP contribution in [0.1, 0.15) is 43.2 Å². The van der Waals surface area contributed by atoms with E-state index in [1.165, 1.54) is 5.56 Å². The maximum atomic E-state index is 13.9. The lowest BCUT2D eigenvalue weighted by Gasteiger charge is -2.29. The lowest BCUT2D eigenvalue weighted by atomic mass is 9.79. The van der Waals surface area contributed by atoms with Crippen molar-refractivity contribution in [2.45, 2.75) is 38.5 Å². The van der Waals surface area contributed by atoms with Crippen molar-refractivity contribution < 1.29 is 9.53 Å². The van der Waals surface area contributed by atoms with Crippen molar-refractivity contribution in [1.82, 2.24) is 4.90 Å². The first kappa shape index (κ1) is 22.6. The topological polar surface area (TPSA) is 32.8 Å². The Bertz CT molecular complexity index is 851. The average Bonchev–Trinajstić information content (AvgIpc) is 2.84. The summed E-state index contributed by atoms with van der Waals surface area (Å²) in [5.74, 6) is 1.13. The molecule has 0 N–H and O–H groups in total. The highest BCUT2D eigenvalue weighted by molar-refractivity contribution is 6.30. The number of likely N-dealkylation sites (N-methyl/N-ethyl adjacent to an activating group) is 1. The number of amides is 1. The lowest BCUT2D eigenvalue weighted by Crippen LogP contribution is -2.41. The number of hydrogen-bond donors (Lipinski definition) is 0. The van der Waals surface area contributed by atoms with Crippen LogP contribution < -0.4 is 9.64 Å². The van der Waals surface area contributed by atoms with Gasteiger partial charge in [-0.3, -0.25) is 4.79 Å². The monoisotopic (exact) mass is 428 g/mol. The Morgan fingerprint density at radius 2 is 1.90 bits per heavy atom. The number of halogens is 1. The fraction of sp³-hybridized carbons (Fsp3) is 0.480. The minimum atomic E-state index is -0.0494. The normalized spacial score (nSPS) is 19.0. The minimum absolute atomic E-state index is 0.0494. The van der Waals surface area contributed by atoms with Crippen LogP contribution in [0.2, 0.25) is 5.02 Å². The number of ether oxygens (including phenoxy) is 1. The maximum Gasteiger partial charge on any atom is 0.230 e. The molecule has 1 amide bonds. The van der Waals surface area contributed by atoms with Crippen LogP contribution in [0.3, 0.4) is 0 Å². The Labute approximate surface area is 185 Å². The predicted octanol–water partition coefficient (Wildman–Crippen LogP) is 5.39. The highest BCUT2D eigenvalue weighted by Crippen LogP contribution is 2.41. The Hall–Kier alpha value is -2.04. The number of fused-ring (bicyclic) bond motifs is 1. The second-order valence-corrected chi connectivity index (χ2v) is 8.84. The van der Waals surface area contributed by atoms with Crippen molar-refractivity contribution >= 4 is 23.2 Å². The van der Waals surface area contributed by atoms with Crippen molar-refractivity contribution in [3.05, 3.63) is 58.6 Å². The van der Waals surface area contributed by atoms with Crippen molar-refractivity contribution in [3.63, 3.8) is 0 Å². The standard InChI is InChI=1S/C25H33ClN2O2/c1-5-6-7-22-23(18-8-11-21(30-4)12-9-18)17-19-16-20(26)10-13-24(19)28(25(22)29)15-14-27(2)3/h8-13,16,22-23H,5-7,14-15,17H2,1-4H3/t22-,23+/m1/s1. The molecule has 0 radical (unpaired) electrons. The molecule has 0 fully saturated rings. The summed E-state index contributed by atoms with van der Waals surface area (Å²) in [5, 5.41) is 0.717. The van der Waals surface area contributed by atoms with Gasteiger partial charge < -0.3 is 14.5 Å². The number of benzene rings is 2. The van der Waals surface area contributed by atoms with E-state index in [0.29, 0.717) is 11.6 Å². The summed E-state index contributed by atoms with van der Waals surface area (Å²) in [5.41, 5.74) is 3.34. The second-order valence-electron chi connectivity index (χ2n) is 8.40. The van der Waals surface area contributed by atoms with E-state index in [-0.39, 0.29) is 17.7 Å². The first-order valence-electron chi connectivity index (χ1n) is 10.8. The van der Waals surface area contributed by atoms with Crippen molar-refractivity contribution in [2.24, 2.45) is 5.92 Å². The van der Waals surface area contributed by atoms with Gasteiger partial charge in [0.05, 0.1) is 7.11 Å². The van der Waals surface area contributed by atoms with Crippen LogP contribution in [-0.4, -0.2) is 45.1 Å². The first-order chi connectivity index (χ1) is 14.4. The fourth-order valence-electron chi connectivity index (χ4n) is 4.33. The average molecular weight is 429 g/mol. The molecule has 0 aromatic heterocycles. The lowest BCUT2D eigenvalue weighted by molar-refractivity contribution is -0.123. The Kier molecular flexibility index (Phi) is 7.79. The van der Waals surface area contributed by atoms with Crippen LogP contribution in [-0.2, 0) is 11.2 Å². The molecule has 2 aromatic rings. The largest absolute Gasteiger partial charge is 0.497 e. The summed E-state index contributed by atoms with van der Waals surface area (Å²) in [7, 11) is 5.76. The molecular weight excluding hydrogens is 396 g/mol. The fourth-order valence-corrected chi connectivity index (χ4v) is 4.53. The molecule has 162 valence electrons. The van der Waals surface area contributed by atoms with Gasteiger partial charge in [-0.1, -0.05) is 43.5 Å². The number of hydrogen-bond acceptors (Lipinski definition) is 3. The summed E-state index contributed by atoms with van der Waals surface area (Å²) < 4.78 is 5.34. The van der Waals surface area contributed by atoms with Crippen molar-refractivity contribution in [3.8, 4) is 5.75 Å². The van der Waals surface area contributed by atoms with Gasteiger partial charge in [-0.25, -0.2) is 0 Å². The second kappa shape index (κ2) is 10.3. The molecular formula is C25H33ClN2O2. The van der Waals surface area contributed by atoms with E-state index in [9.17, 15) is 4.79 Å². The molecule has 1 aliphatic heterocycles. The molecule has 0 spiro atoms. The van der Waals surface area contributed by atoms with E-state index >= 15 is 0 Å². The van der Waals surface area contributed by atoms with Gasteiger partial charge in [-0.2, -0.15) is 0 Å². The molecule has 2 aromatic carbocycles. The number of rotatable bonds is 8. The third-order valence-electron chi connectivity index (χ3n) is 6.02. The van der Waals surface area contributed by atoms with Gasteiger partial charge in [0, 0.05) is 29.7 Å². The molecule has 0 saturated carbocycles. The highest BCUT2D eigenvalue weighted by atomic mass is 35.5. The summed E-state index contributed by atoms with van der Waals surface area (Å²) in [6, 6.07) is 14.1. The van der Waals surface area contributed by atoms with Gasteiger partial charge in [0.25, 0.3) is 0 Å². The number of nitrogens with zero attached hydrogens (tertiary/aromatic N) is 2. The number of methoxy groups -OCH3 is 1. The number of carbonyl (C=O) groups is 1. The summed E-state index contributed by atoms with van der Waals surface area (Å²) in [6.45, 7) is 3.68. The number of unbranched alkanes of at least 4 members (excludes halogenated alkanes) is 1. The molecule has 0 unspecified atom stereocenters. The van der Waals surface area contributed by atoms with Crippen LogP contribution in [0.25, 0.3) is 0 Å². The predicted molar refractivity (Wildman–Crippen MR) is 125 cm³/mol. The summed E-state index contributed by atoms with van der Waals surface area (Å²) in [4.78, 5) is 18.0. The molecule has 0 bridgehead atoms. The van der Waals surface area contributed by atoms with E-state index in [2.05, 4.69) is 24.0 Å². The van der Waals surface area contributed by atoms with E-state index in [4.69, 9.17) is 16.3 Å². The molecule has 0 saturated heterocycles. The summed E-state index contributed by atoms with van der Waals surface area (Å²) in [6.07, 6.45) is 3.82. The highest BCUT2D eigenvalue weighted by Gasteiger charge is 2.37. The van der Waals surface area contributed by atoms with E-state index in [1.807, 2.05) is 49.3 Å². The van der Waals surface area contributed by atoms with Gasteiger partial charge in [0.2, 0.25) is 5.91 Å². The van der Waals surface area contributed by atoms with Gasteiger partial charge >= 0.3 is 0 Å². The SMILES string of the molecule is CCCC[C@H]1C(=O)N(CCN(C)C)c2ccc(Cl)cc2C[C@H]1c1ccc(OC)cc1. The Morgan fingerprint density at radius 1 is 1.17 bits per heavy atom. The third-order valence-corrected chi connectivity index (χ3v) is 6.26. The van der Waals surface area contributed by atoms with Crippen LogP contribution in [0.4, 0.5) is 5.69 Å². The van der Waals surface area contributed by atoms with Gasteiger partial charge in [-0.05, 0) is 74.3 Å². The first-order valence-corrected chi connectivity index (χ1v) is 11.2. The van der Waals surface area contributed by atoms with Crippen molar-refractivity contribution in [1.29, 1.82) is 0 Å². The van der Waals surface area contributed by atoms with Gasteiger partial charge in [0.1, 0.15) is 5.75 Å². The maximum absolute atomic E-state index is 13.9. The van der Waals surface area contributed by atoms with Crippen LogP contribution >= 0.6 is 11.6 Å². The van der Waals surface area contributed by atoms with Crippen LogP contribution in [0.15, 0.2) is 42.5 Å². The van der Waals surface area contributed by atoms with E-state index in [1.54, 1.807) is 7.11 Å². The molecule has 4 nitrogen and oxygen atoms in total. The van der Waals surface area contributed by atoms with Gasteiger partial charge in [-0.15, -0.1) is 0 Å². The van der Waals surface area contributed by atoms with E-state index < -0.39 is 0 Å². The van der Waals surface area contributed by atoms with Crippen molar-refractivity contribution in [2.75, 3.05) is 39.2 Å². The zero-order valence-electron chi connectivity index (χ0n) is 18.5. The zero-order chi connectivity index (χ0) is 21.7. The molecule has 5 heteroatoms. The minimum Gasteiger partial charge on any atom is -0.497 e. The third kappa shape index (κ3) is 5.16. The van der Waals surface area contributed by atoms with Crippen LogP contribution in [0.5, 0.6) is 5.75 Å². The Balaban J connectivity index is 2.06. The zero-order valence-corrected chi connectivity index (χ0v) is 19.3. The van der Waals surface area contributed by atoms with E-state index in [0.717, 1.165) is 49.2 Å². The number of carbonyl (C=O) groups excluding carboxylic acids is 1. The molecule has 3 rings (SSSR count). The smallest absolute Gasteiger partial charge is 0.230 e.